The number of unbranched alkanes of at least 4 members (excludes halogenated alkanes) is 1. The van der Waals surface area contributed by atoms with Crippen LogP contribution in [0.2, 0.25) is 0 Å². The van der Waals surface area contributed by atoms with Gasteiger partial charge in [-0.15, -0.1) is 0 Å². The molecule has 0 saturated carbocycles. The van der Waals surface area contributed by atoms with Gasteiger partial charge in [0.15, 0.2) is 0 Å². The Morgan fingerprint density at radius 3 is 2.79 bits per heavy atom. The maximum atomic E-state index is 3.62. The zero-order valence-electron chi connectivity index (χ0n) is 9.42. The van der Waals surface area contributed by atoms with Crippen LogP contribution in [0.5, 0.6) is 0 Å². The fourth-order valence-corrected chi connectivity index (χ4v) is 2.39. The van der Waals surface area contributed by atoms with Gasteiger partial charge >= 0.3 is 0 Å². The number of rotatable bonds is 6. The Bertz CT molecular complexity index is 230. The van der Waals surface area contributed by atoms with Crippen molar-refractivity contribution in [2.45, 2.75) is 52.1 Å². The van der Waals surface area contributed by atoms with E-state index in [0.717, 1.165) is 0 Å². The Balaban J connectivity index is 2.29. The molecule has 14 heavy (non-hydrogen) atoms. The summed E-state index contributed by atoms with van der Waals surface area (Å²) in [5, 5.41) is 7.99. The zero-order chi connectivity index (χ0) is 10.4. The van der Waals surface area contributed by atoms with Gasteiger partial charge in [0.05, 0.1) is 0 Å². The van der Waals surface area contributed by atoms with Gasteiger partial charge in [-0.25, -0.2) is 0 Å². The fraction of sp³-hybridized carbons (Fsp3) is 0.667. The monoisotopic (exact) mass is 211 g/mol. The first-order valence-electron chi connectivity index (χ1n) is 5.52. The van der Waals surface area contributed by atoms with Crippen LogP contribution in [0.15, 0.2) is 16.8 Å². The standard InChI is InChI=1S/C12H21NS/c1-4-5-6-10(2)13-11(3)12-7-8-14-9-12/h7-11,13H,4-6H2,1-3H3. The summed E-state index contributed by atoms with van der Waals surface area (Å²) in [6.45, 7) is 6.76. The normalized spacial score (nSPS) is 15.4. The maximum absolute atomic E-state index is 3.62. The molecule has 2 unspecified atom stereocenters. The first-order chi connectivity index (χ1) is 6.74. The Kier molecular flexibility index (Phi) is 5.20. The molecule has 1 nitrogen and oxygen atoms in total. The molecule has 0 aliphatic carbocycles. The molecule has 0 fully saturated rings. The molecule has 1 N–H and O–H groups in total. The van der Waals surface area contributed by atoms with Crippen LogP contribution in [-0.4, -0.2) is 6.04 Å². The first-order valence-corrected chi connectivity index (χ1v) is 6.46. The number of thiophene rings is 1. The van der Waals surface area contributed by atoms with Crippen molar-refractivity contribution in [3.63, 3.8) is 0 Å². The van der Waals surface area contributed by atoms with Gasteiger partial charge in [0, 0.05) is 12.1 Å². The summed E-state index contributed by atoms with van der Waals surface area (Å²) in [6.07, 6.45) is 3.90. The molecule has 0 spiro atoms. The van der Waals surface area contributed by atoms with E-state index < -0.39 is 0 Å². The lowest BCUT2D eigenvalue weighted by molar-refractivity contribution is 0.445. The minimum Gasteiger partial charge on any atom is -0.308 e. The average molecular weight is 211 g/mol. The highest BCUT2D eigenvalue weighted by molar-refractivity contribution is 7.07. The summed E-state index contributed by atoms with van der Waals surface area (Å²) in [4.78, 5) is 0. The highest BCUT2D eigenvalue weighted by Crippen LogP contribution is 2.16. The minimum absolute atomic E-state index is 0.494. The molecule has 1 rings (SSSR count). The molecule has 1 heterocycles. The number of hydrogen-bond acceptors (Lipinski definition) is 2. The van der Waals surface area contributed by atoms with E-state index in [9.17, 15) is 0 Å². The van der Waals surface area contributed by atoms with Crippen molar-refractivity contribution in [1.29, 1.82) is 0 Å². The topological polar surface area (TPSA) is 12.0 Å². The summed E-state index contributed by atoms with van der Waals surface area (Å²) in [5.41, 5.74) is 1.42. The van der Waals surface area contributed by atoms with E-state index in [4.69, 9.17) is 0 Å². The summed E-state index contributed by atoms with van der Waals surface area (Å²) in [6, 6.07) is 3.33. The molecule has 0 radical (unpaired) electrons. The van der Waals surface area contributed by atoms with Crippen molar-refractivity contribution < 1.29 is 0 Å². The van der Waals surface area contributed by atoms with Gasteiger partial charge in [-0.1, -0.05) is 19.8 Å². The predicted molar refractivity (Wildman–Crippen MR) is 64.9 cm³/mol. The van der Waals surface area contributed by atoms with Gasteiger partial charge in [0.2, 0.25) is 0 Å². The van der Waals surface area contributed by atoms with Gasteiger partial charge in [0.1, 0.15) is 0 Å². The van der Waals surface area contributed by atoms with Crippen LogP contribution in [0.4, 0.5) is 0 Å². The van der Waals surface area contributed by atoms with Gasteiger partial charge in [-0.3, -0.25) is 0 Å². The molecule has 0 aliphatic heterocycles. The van der Waals surface area contributed by atoms with Gasteiger partial charge < -0.3 is 5.32 Å². The first kappa shape index (κ1) is 11.7. The Labute approximate surface area is 91.5 Å². The number of hydrogen-bond donors (Lipinski definition) is 1. The maximum Gasteiger partial charge on any atom is 0.0302 e. The number of nitrogens with one attached hydrogen (secondary N) is 1. The summed E-state index contributed by atoms with van der Waals surface area (Å²) < 4.78 is 0. The molecule has 1 aromatic rings. The van der Waals surface area contributed by atoms with Crippen molar-refractivity contribution in [3.8, 4) is 0 Å². The second kappa shape index (κ2) is 6.20. The Morgan fingerprint density at radius 2 is 2.21 bits per heavy atom. The van der Waals surface area contributed by atoms with Gasteiger partial charge in [-0.2, -0.15) is 11.3 Å². The zero-order valence-corrected chi connectivity index (χ0v) is 10.2. The summed E-state index contributed by atoms with van der Waals surface area (Å²) in [5.74, 6) is 0. The third-order valence-corrected chi connectivity index (χ3v) is 3.27. The smallest absolute Gasteiger partial charge is 0.0302 e. The van der Waals surface area contributed by atoms with Crippen LogP contribution in [0.25, 0.3) is 0 Å². The highest BCUT2D eigenvalue weighted by Gasteiger charge is 2.08. The van der Waals surface area contributed by atoms with Crippen molar-refractivity contribution in [2.75, 3.05) is 0 Å². The van der Waals surface area contributed by atoms with Gasteiger partial charge in [0.25, 0.3) is 0 Å². The predicted octanol–water partition coefficient (Wildman–Crippen LogP) is 3.98. The molecular weight excluding hydrogens is 190 g/mol. The van der Waals surface area contributed by atoms with Crippen LogP contribution in [0.1, 0.15) is 51.6 Å². The Hall–Kier alpha value is -0.340. The lowest BCUT2D eigenvalue weighted by Crippen LogP contribution is -2.28. The fourth-order valence-electron chi connectivity index (χ4n) is 1.64. The highest BCUT2D eigenvalue weighted by atomic mass is 32.1. The van der Waals surface area contributed by atoms with Crippen molar-refractivity contribution in [2.24, 2.45) is 0 Å². The third-order valence-electron chi connectivity index (χ3n) is 2.57. The van der Waals surface area contributed by atoms with E-state index in [1.54, 1.807) is 11.3 Å². The van der Waals surface area contributed by atoms with Crippen molar-refractivity contribution in [3.05, 3.63) is 22.4 Å². The van der Waals surface area contributed by atoms with E-state index in [0.29, 0.717) is 12.1 Å². The molecule has 2 heteroatoms. The minimum atomic E-state index is 0.494. The van der Waals surface area contributed by atoms with E-state index in [1.807, 2.05) is 0 Å². The molecule has 0 aromatic carbocycles. The quantitative estimate of drug-likeness (QED) is 0.750. The Morgan fingerprint density at radius 1 is 1.43 bits per heavy atom. The molecule has 0 saturated heterocycles. The molecular formula is C12H21NS. The SMILES string of the molecule is CCCCC(C)NC(C)c1ccsc1. The molecule has 0 bridgehead atoms. The summed E-state index contributed by atoms with van der Waals surface area (Å²) >= 11 is 1.77. The molecule has 1 aromatic heterocycles. The van der Waals surface area contributed by atoms with Crippen molar-refractivity contribution >= 4 is 11.3 Å². The van der Waals surface area contributed by atoms with Crippen LogP contribution >= 0.6 is 11.3 Å². The lowest BCUT2D eigenvalue weighted by atomic mass is 10.1. The average Bonchev–Trinajstić information content (AvgIpc) is 2.67. The van der Waals surface area contributed by atoms with Crippen molar-refractivity contribution in [1.82, 2.24) is 5.32 Å². The van der Waals surface area contributed by atoms with Crippen LogP contribution in [0, 0.1) is 0 Å². The second-order valence-corrected chi connectivity index (χ2v) is 4.77. The second-order valence-electron chi connectivity index (χ2n) is 3.99. The third kappa shape index (κ3) is 3.81. The van der Waals surface area contributed by atoms with E-state index >= 15 is 0 Å². The molecule has 2 atom stereocenters. The van der Waals surface area contributed by atoms with Crippen LogP contribution in [0.3, 0.4) is 0 Å². The lowest BCUT2D eigenvalue weighted by Gasteiger charge is -2.19. The van der Waals surface area contributed by atoms with E-state index in [-0.39, 0.29) is 0 Å². The summed E-state index contributed by atoms with van der Waals surface area (Å²) in [7, 11) is 0. The van der Waals surface area contributed by atoms with Gasteiger partial charge in [-0.05, 0) is 42.7 Å². The molecule has 0 aliphatic rings. The van der Waals surface area contributed by atoms with Crippen LogP contribution < -0.4 is 5.32 Å². The van der Waals surface area contributed by atoms with E-state index in [2.05, 4.69) is 42.9 Å². The van der Waals surface area contributed by atoms with Crippen LogP contribution in [-0.2, 0) is 0 Å². The largest absolute Gasteiger partial charge is 0.308 e. The van der Waals surface area contributed by atoms with E-state index in [1.165, 1.54) is 24.8 Å². The molecule has 80 valence electrons. The molecule has 0 amide bonds.